The van der Waals surface area contributed by atoms with Gasteiger partial charge in [0.1, 0.15) is 11.1 Å². The summed E-state index contributed by atoms with van der Waals surface area (Å²) in [5.41, 5.74) is 0.859. The third-order valence-corrected chi connectivity index (χ3v) is 5.72. The van der Waals surface area contributed by atoms with Crippen molar-refractivity contribution in [1.82, 2.24) is 10.3 Å². The Kier molecular flexibility index (Phi) is 5.98. The first-order chi connectivity index (χ1) is 10.9. The van der Waals surface area contributed by atoms with Gasteiger partial charge in [-0.05, 0) is 31.4 Å². The molecule has 0 aromatic carbocycles. The number of carbonyl (C=O) groups is 1. The normalized spacial score (nSPS) is 17.4. The molecule has 7 heteroatoms. The van der Waals surface area contributed by atoms with Crippen molar-refractivity contribution in [2.75, 3.05) is 24.2 Å². The molecule has 1 aliphatic rings. The van der Waals surface area contributed by atoms with Gasteiger partial charge in [0.05, 0.1) is 0 Å². The summed E-state index contributed by atoms with van der Waals surface area (Å²) >= 11 is 0. The van der Waals surface area contributed by atoms with Crippen molar-refractivity contribution in [3.8, 4) is 0 Å². The molecule has 2 heterocycles. The molecule has 128 valence electrons. The quantitative estimate of drug-likeness (QED) is 0.880. The molecule has 1 saturated heterocycles. The first kappa shape index (κ1) is 17.7. The fourth-order valence-corrected chi connectivity index (χ4v) is 3.01. The Morgan fingerprint density at radius 3 is 2.43 bits per heavy atom. The van der Waals surface area contributed by atoms with E-state index in [9.17, 15) is 13.2 Å². The highest BCUT2D eigenvalue weighted by Gasteiger charge is 2.23. The molecule has 1 aromatic rings. The van der Waals surface area contributed by atoms with Gasteiger partial charge in [-0.15, -0.1) is 0 Å². The summed E-state index contributed by atoms with van der Waals surface area (Å²) in [6, 6.07) is 3.89. The van der Waals surface area contributed by atoms with E-state index in [0.29, 0.717) is 0 Å². The number of nitrogens with zero attached hydrogens (tertiary/aromatic N) is 2. The molecule has 0 spiro atoms. The standard InChI is InChI=1S/C16H25N3O3S/c1-13(23(2,21)22)16(20)18-12-14-7-8-15(17-11-14)19-9-5-3-4-6-10-19/h7-8,11,13H,3-6,9-10,12H2,1-2H3,(H,18,20)/t13-/m0/s1. The summed E-state index contributed by atoms with van der Waals surface area (Å²) in [7, 11) is -3.37. The topological polar surface area (TPSA) is 79.4 Å². The van der Waals surface area contributed by atoms with Gasteiger partial charge in [-0.25, -0.2) is 13.4 Å². The van der Waals surface area contributed by atoms with Crippen LogP contribution in [0.15, 0.2) is 18.3 Å². The molecule has 23 heavy (non-hydrogen) atoms. The van der Waals surface area contributed by atoms with Gasteiger partial charge in [-0.2, -0.15) is 0 Å². The minimum absolute atomic E-state index is 0.284. The van der Waals surface area contributed by atoms with Gasteiger partial charge in [0.2, 0.25) is 5.91 Å². The number of carbonyl (C=O) groups excluding carboxylic acids is 1. The summed E-state index contributed by atoms with van der Waals surface area (Å²) in [4.78, 5) is 18.6. The van der Waals surface area contributed by atoms with Crippen molar-refractivity contribution < 1.29 is 13.2 Å². The number of sulfone groups is 1. The van der Waals surface area contributed by atoms with E-state index in [0.717, 1.165) is 30.7 Å². The third-order valence-electron chi connectivity index (χ3n) is 4.22. The van der Waals surface area contributed by atoms with E-state index in [-0.39, 0.29) is 6.54 Å². The second-order valence-corrected chi connectivity index (χ2v) is 8.48. The number of amides is 1. The molecule has 2 rings (SSSR count). The number of pyridine rings is 1. The van der Waals surface area contributed by atoms with Crippen molar-refractivity contribution in [2.24, 2.45) is 0 Å². The zero-order valence-electron chi connectivity index (χ0n) is 13.8. The lowest BCUT2D eigenvalue weighted by Crippen LogP contribution is -2.37. The summed E-state index contributed by atoms with van der Waals surface area (Å²) in [6.45, 7) is 3.75. The molecular weight excluding hydrogens is 314 g/mol. The van der Waals surface area contributed by atoms with Crippen LogP contribution >= 0.6 is 0 Å². The monoisotopic (exact) mass is 339 g/mol. The highest BCUT2D eigenvalue weighted by Crippen LogP contribution is 2.17. The molecule has 1 fully saturated rings. The molecular formula is C16H25N3O3S. The average Bonchev–Trinajstić information content (AvgIpc) is 2.80. The zero-order chi connectivity index (χ0) is 16.9. The van der Waals surface area contributed by atoms with Gasteiger partial charge in [-0.3, -0.25) is 4.79 Å². The smallest absolute Gasteiger partial charge is 0.238 e. The van der Waals surface area contributed by atoms with E-state index in [1.165, 1.54) is 32.6 Å². The van der Waals surface area contributed by atoms with Gasteiger partial charge >= 0.3 is 0 Å². The Bertz CT molecular complexity index is 620. The van der Waals surface area contributed by atoms with E-state index < -0.39 is 21.0 Å². The molecule has 0 bridgehead atoms. The van der Waals surface area contributed by atoms with Gasteiger partial charge in [0.25, 0.3) is 0 Å². The largest absolute Gasteiger partial charge is 0.357 e. The lowest BCUT2D eigenvalue weighted by Gasteiger charge is -2.21. The Morgan fingerprint density at radius 2 is 1.91 bits per heavy atom. The second kappa shape index (κ2) is 7.77. The number of aromatic nitrogens is 1. The molecule has 1 amide bonds. The lowest BCUT2D eigenvalue weighted by atomic mass is 10.2. The fourth-order valence-electron chi connectivity index (χ4n) is 2.54. The Labute approximate surface area is 138 Å². The van der Waals surface area contributed by atoms with Crippen LogP contribution in [0.3, 0.4) is 0 Å². The molecule has 0 unspecified atom stereocenters. The minimum Gasteiger partial charge on any atom is -0.357 e. The van der Waals surface area contributed by atoms with Crippen LogP contribution < -0.4 is 10.2 Å². The summed E-state index contributed by atoms with van der Waals surface area (Å²) in [5, 5.41) is 1.61. The van der Waals surface area contributed by atoms with Crippen LogP contribution in [0.5, 0.6) is 0 Å². The van der Waals surface area contributed by atoms with Gasteiger partial charge < -0.3 is 10.2 Å². The lowest BCUT2D eigenvalue weighted by molar-refractivity contribution is -0.120. The molecule has 1 N–H and O–H groups in total. The number of rotatable bonds is 5. The molecule has 0 aliphatic carbocycles. The molecule has 0 radical (unpaired) electrons. The number of hydrogen-bond acceptors (Lipinski definition) is 5. The van der Waals surface area contributed by atoms with Crippen LogP contribution in [-0.4, -0.2) is 43.9 Å². The minimum atomic E-state index is -3.37. The molecule has 6 nitrogen and oxygen atoms in total. The van der Waals surface area contributed by atoms with E-state index >= 15 is 0 Å². The molecule has 1 aromatic heterocycles. The first-order valence-electron chi connectivity index (χ1n) is 8.04. The van der Waals surface area contributed by atoms with E-state index in [1.54, 1.807) is 6.20 Å². The van der Waals surface area contributed by atoms with Crippen molar-refractivity contribution in [1.29, 1.82) is 0 Å². The summed E-state index contributed by atoms with van der Waals surface area (Å²) in [6.07, 6.45) is 7.75. The third kappa shape index (κ3) is 5.20. The molecule has 1 aliphatic heterocycles. The average molecular weight is 339 g/mol. The van der Waals surface area contributed by atoms with Crippen LogP contribution in [0.2, 0.25) is 0 Å². The zero-order valence-corrected chi connectivity index (χ0v) is 14.6. The van der Waals surface area contributed by atoms with E-state index in [2.05, 4.69) is 15.2 Å². The molecule has 1 atom stereocenters. The van der Waals surface area contributed by atoms with Crippen molar-refractivity contribution in [2.45, 2.75) is 44.4 Å². The van der Waals surface area contributed by atoms with Crippen molar-refractivity contribution in [3.63, 3.8) is 0 Å². The Balaban J connectivity index is 1.91. The summed E-state index contributed by atoms with van der Waals surface area (Å²) in [5.74, 6) is 0.482. The highest BCUT2D eigenvalue weighted by molar-refractivity contribution is 7.92. The van der Waals surface area contributed by atoms with E-state index in [1.807, 2.05) is 12.1 Å². The second-order valence-electron chi connectivity index (χ2n) is 6.12. The van der Waals surface area contributed by atoms with Crippen LogP contribution in [0.4, 0.5) is 5.82 Å². The molecule has 0 saturated carbocycles. The van der Waals surface area contributed by atoms with Crippen LogP contribution in [0.25, 0.3) is 0 Å². The number of anilines is 1. The van der Waals surface area contributed by atoms with Crippen molar-refractivity contribution in [3.05, 3.63) is 23.9 Å². The van der Waals surface area contributed by atoms with Gasteiger partial charge in [-0.1, -0.05) is 18.9 Å². The maximum atomic E-state index is 11.8. The number of hydrogen-bond donors (Lipinski definition) is 1. The summed E-state index contributed by atoms with van der Waals surface area (Å²) < 4.78 is 22.7. The predicted molar refractivity (Wildman–Crippen MR) is 91.1 cm³/mol. The van der Waals surface area contributed by atoms with Gasteiger partial charge in [0, 0.05) is 32.1 Å². The van der Waals surface area contributed by atoms with E-state index in [4.69, 9.17) is 0 Å². The maximum absolute atomic E-state index is 11.8. The first-order valence-corrected chi connectivity index (χ1v) is 10.00. The predicted octanol–water partition coefficient (Wildman–Crippen LogP) is 1.51. The maximum Gasteiger partial charge on any atom is 0.238 e. The van der Waals surface area contributed by atoms with Crippen LogP contribution in [0, 0.1) is 0 Å². The van der Waals surface area contributed by atoms with Crippen LogP contribution in [0.1, 0.15) is 38.2 Å². The highest BCUT2D eigenvalue weighted by atomic mass is 32.2. The van der Waals surface area contributed by atoms with Crippen LogP contribution in [-0.2, 0) is 21.2 Å². The van der Waals surface area contributed by atoms with Crippen molar-refractivity contribution >= 4 is 21.6 Å². The number of nitrogens with one attached hydrogen (secondary N) is 1. The Hall–Kier alpha value is -1.63. The fraction of sp³-hybridized carbons (Fsp3) is 0.625. The SMILES string of the molecule is C[C@@H](C(=O)NCc1ccc(N2CCCCCC2)nc1)S(C)(=O)=O. The Morgan fingerprint density at radius 1 is 1.26 bits per heavy atom. The van der Waals surface area contributed by atoms with Gasteiger partial charge in [0.15, 0.2) is 9.84 Å².